The molecule has 3 heterocycles. The minimum Gasteiger partial charge on any atom is -0.496 e. The molecule has 2 fully saturated rings. The first-order valence-corrected chi connectivity index (χ1v) is 12.3. The Hall–Kier alpha value is -3.36. The Morgan fingerprint density at radius 1 is 1.34 bits per heavy atom. The second-order valence-electron chi connectivity index (χ2n) is 9.94. The van der Waals surface area contributed by atoms with Crippen molar-refractivity contribution >= 4 is 35.3 Å². The molecule has 1 aromatic carbocycles. The van der Waals surface area contributed by atoms with Crippen LogP contribution in [0.3, 0.4) is 0 Å². The molecule has 0 saturated carbocycles. The van der Waals surface area contributed by atoms with E-state index in [1.807, 2.05) is 18.2 Å². The number of nitrogens with one attached hydrogen (secondary N) is 3. The lowest BCUT2D eigenvalue weighted by Gasteiger charge is -2.26. The van der Waals surface area contributed by atoms with Gasteiger partial charge in [-0.3, -0.25) is 19.4 Å². The summed E-state index contributed by atoms with van der Waals surface area (Å²) >= 11 is 0. The average Bonchev–Trinajstić information content (AvgIpc) is 3.57. The molecule has 35 heavy (non-hydrogen) atoms. The lowest BCUT2D eigenvalue weighted by molar-refractivity contribution is -0.127. The Labute approximate surface area is 205 Å². The molecular formula is C26H35N5O4. The molecule has 2 aliphatic rings. The second-order valence-corrected chi connectivity index (χ2v) is 9.94. The summed E-state index contributed by atoms with van der Waals surface area (Å²) in [4.78, 5) is 48.0. The van der Waals surface area contributed by atoms with Crippen molar-refractivity contribution in [2.24, 2.45) is 22.7 Å². The summed E-state index contributed by atoms with van der Waals surface area (Å²) in [7, 11) is 1.60. The van der Waals surface area contributed by atoms with Gasteiger partial charge in [0, 0.05) is 36.0 Å². The van der Waals surface area contributed by atoms with Crippen LogP contribution < -0.4 is 15.4 Å². The number of aromatic amines is 1. The van der Waals surface area contributed by atoms with Gasteiger partial charge in [0.1, 0.15) is 17.5 Å². The quantitative estimate of drug-likeness (QED) is 0.477. The highest BCUT2D eigenvalue weighted by atomic mass is 16.5. The maximum absolute atomic E-state index is 13.6. The summed E-state index contributed by atoms with van der Waals surface area (Å²) in [6, 6.07) is 6.51. The smallest absolute Gasteiger partial charge is 0.270 e. The van der Waals surface area contributed by atoms with Crippen molar-refractivity contribution in [1.82, 2.24) is 20.5 Å². The zero-order valence-corrected chi connectivity index (χ0v) is 20.7. The van der Waals surface area contributed by atoms with E-state index in [0.29, 0.717) is 49.8 Å². The number of carbonyl (C=O) groups excluding carboxylic acids is 3. The van der Waals surface area contributed by atoms with E-state index in [9.17, 15) is 14.4 Å². The minimum absolute atomic E-state index is 0.0140. The van der Waals surface area contributed by atoms with Gasteiger partial charge >= 0.3 is 0 Å². The molecule has 4 atom stereocenters. The van der Waals surface area contributed by atoms with Crippen LogP contribution in [0.25, 0.3) is 10.9 Å². The Morgan fingerprint density at radius 3 is 2.80 bits per heavy atom. The van der Waals surface area contributed by atoms with Crippen molar-refractivity contribution in [1.29, 1.82) is 0 Å². The molecule has 0 spiro atoms. The van der Waals surface area contributed by atoms with E-state index < -0.39 is 6.04 Å². The fourth-order valence-electron chi connectivity index (χ4n) is 5.25. The van der Waals surface area contributed by atoms with E-state index in [2.05, 4.69) is 41.2 Å². The zero-order chi connectivity index (χ0) is 25.1. The maximum atomic E-state index is 13.6. The number of methoxy groups -OCH3 is 1. The number of H-pyrrole nitrogens is 1. The van der Waals surface area contributed by atoms with Gasteiger partial charge in [-0.1, -0.05) is 19.9 Å². The molecule has 2 aliphatic heterocycles. The van der Waals surface area contributed by atoms with Gasteiger partial charge in [0.2, 0.25) is 11.8 Å². The van der Waals surface area contributed by atoms with Crippen molar-refractivity contribution < 1.29 is 19.1 Å². The third-order valence-electron chi connectivity index (χ3n) is 7.34. The number of hydrogen-bond acceptors (Lipinski definition) is 5. The van der Waals surface area contributed by atoms with Crippen LogP contribution in [0, 0.1) is 17.8 Å². The predicted octanol–water partition coefficient (Wildman–Crippen LogP) is 2.37. The number of ether oxygens (including phenoxy) is 1. The van der Waals surface area contributed by atoms with Crippen molar-refractivity contribution in [3.05, 3.63) is 30.0 Å². The van der Waals surface area contributed by atoms with Gasteiger partial charge in [0.25, 0.3) is 5.91 Å². The number of amides is 3. The molecule has 0 unspecified atom stereocenters. The van der Waals surface area contributed by atoms with Gasteiger partial charge in [-0.05, 0) is 56.0 Å². The summed E-state index contributed by atoms with van der Waals surface area (Å²) in [5.41, 5.74) is 1.24. The largest absolute Gasteiger partial charge is 0.496 e. The fourth-order valence-corrected chi connectivity index (χ4v) is 5.25. The molecule has 0 aliphatic carbocycles. The number of nitrogens with zero attached hydrogens (tertiary/aromatic N) is 2. The van der Waals surface area contributed by atoms with Gasteiger partial charge in [-0.15, -0.1) is 0 Å². The van der Waals surface area contributed by atoms with Crippen molar-refractivity contribution in [2.75, 3.05) is 26.7 Å². The average molecular weight is 482 g/mol. The highest BCUT2D eigenvalue weighted by molar-refractivity contribution is 6.01. The fraction of sp³-hybridized carbons (Fsp3) is 0.538. The highest BCUT2D eigenvalue weighted by Gasteiger charge is 2.42. The number of aliphatic imine (C=N–C) groups is 1. The molecule has 9 nitrogen and oxygen atoms in total. The van der Waals surface area contributed by atoms with Gasteiger partial charge in [0.05, 0.1) is 13.7 Å². The van der Waals surface area contributed by atoms with Crippen LogP contribution in [0.4, 0.5) is 0 Å². The molecule has 0 radical (unpaired) electrons. The molecule has 2 aromatic rings. The third-order valence-corrected chi connectivity index (χ3v) is 7.34. The third kappa shape index (κ3) is 5.18. The van der Waals surface area contributed by atoms with Crippen LogP contribution in [0.5, 0.6) is 5.75 Å². The van der Waals surface area contributed by atoms with Crippen LogP contribution in [-0.2, 0) is 9.59 Å². The molecule has 3 N–H and O–H groups in total. The van der Waals surface area contributed by atoms with E-state index in [-0.39, 0.29) is 35.6 Å². The maximum Gasteiger partial charge on any atom is 0.270 e. The molecule has 2 saturated heterocycles. The number of hydrogen-bond donors (Lipinski definition) is 3. The summed E-state index contributed by atoms with van der Waals surface area (Å²) in [6.45, 7) is 9.29. The minimum atomic E-state index is -0.590. The van der Waals surface area contributed by atoms with Gasteiger partial charge in [-0.2, -0.15) is 0 Å². The second kappa shape index (κ2) is 10.5. The first-order valence-electron chi connectivity index (χ1n) is 12.3. The SMILES string of the molecule is C=NC[C@H](C[C@@H]1CCNC1=O)NC(=O)[C@@H]1C[C@@H](C(C)C)CN1C(=O)c1cc2c(OC)cccc2[nH]1. The first-order chi connectivity index (χ1) is 16.8. The topological polar surface area (TPSA) is 116 Å². The van der Waals surface area contributed by atoms with Crippen LogP contribution in [0.2, 0.25) is 0 Å². The lowest BCUT2D eigenvalue weighted by atomic mass is 9.93. The molecule has 188 valence electrons. The number of benzene rings is 1. The summed E-state index contributed by atoms with van der Waals surface area (Å²) < 4.78 is 5.43. The van der Waals surface area contributed by atoms with Crippen LogP contribution in [0.15, 0.2) is 29.3 Å². The van der Waals surface area contributed by atoms with Gasteiger partial charge < -0.3 is 25.3 Å². The van der Waals surface area contributed by atoms with Crippen LogP contribution >= 0.6 is 0 Å². The summed E-state index contributed by atoms with van der Waals surface area (Å²) in [5, 5.41) is 6.74. The van der Waals surface area contributed by atoms with Crippen molar-refractivity contribution in [3.63, 3.8) is 0 Å². The Bertz CT molecular complexity index is 1110. The Kier molecular flexibility index (Phi) is 7.42. The predicted molar refractivity (Wildman–Crippen MR) is 135 cm³/mol. The number of fused-ring (bicyclic) bond motifs is 1. The highest BCUT2D eigenvalue weighted by Crippen LogP contribution is 2.32. The normalized spacial score (nSPS) is 22.9. The van der Waals surface area contributed by atoms with Crippen LogP contribution in [0.1, 0.15) is 43.6 Å². The molecular weight excluding hydrogens is 446 g/mol. The number of likely N-dealkylation sites (tertiary alicyclic amines) is 1. The molecule has 4 rings (SSSR count). The van der Waals surface area contributed by atoms with E-state index >= 15 is 0 Å². The molecule has 0 bridgehead atoms. The van der Waals surface area contributed by atoms with Crippen LogP contribution in [-0.4, -0.2) is 73.2 Å². The molecule has 9 heteroatoms. The van der Waals surface area contributed by atoms with E-state index in [4.69, 9.17) is 4.74 Å². The number of aromatic nitrogens is 1. The molecule has 3 amide bonds. The van der Waals surface area contributed by atoms with Gasteiger partial charge in [0.15, 0.2) is 0 Å². The standard InChI is InChI=1S/C26H35N5O4/c1-15(2)17-11-22(25(33)29-18(13-27-3)10-16-8-9-28-24(16)32)31(14-17)26(34)21-12-19-20(30-21)6-5-7-23(19)35-4/h5-7,12,15-18,22,30H,3,8-11,13-14H2,1-2,4H3,(H,28,32)(H,29,33)/t16-,17+,18-,22-/m0/s1. The van der Waals surface area contributed by atoms with Gasteiger partial charge in [-0.25, -0.2) is 0 Å². The van der Waals surface area contributed by atoms with E-state index in [1.54, 1.807) is 18.1 Å². The monoisotopic (exact) mass is 481 g/mol. The Morgan fingerprint density at radius 2 is 2.14 bits per heavy atom. The number of carbonyl (C=O) groups is 3. The summed E-state index contributed by atoms with van der Waals surface area (Å²) in [6.07, 6.45) is 1.85. The van der Waals surface area contributed by atoms with E-state index in [1.165, 1.54) is 0 Å². The lowest BCUT2D eigenvalue weighted by Crippen LogP contribution is -2.50. The molecule has 1 aromatic heterocycles. The Balaban J connectivity index is 1.54. The first kappa shape index (κ1) is 24.8. The summed E-state index contributed by atoms with van der Waals surface area (Å²) in [5.74, 6) is 0.684. The van der Waals surface area contributed by atoms with E-state index in [0.717, 1.165) is 17.3 Å². The van der Waals surface area contributed by atoms with Crippen molar-refractivity contribution in [3.8, 4) is 5.75 Å². The zero-order valence-electron chi connectivity index (χ0n) is 20.7. The van der Waals surface area contributed by atoms with Crippen molar-refractivity contribution in [2.45, 2.75) is 45.2 Å². The number of rotatable bonds is 9.